The van der Waals surface area contributed by atoms with Crippen LogP contribution in [0, 0.1) is 13.8 Å². The van der Waals surface area contributed by atoms with E-state index in [0.717, 1.165) is 0 Å². The Morgan fingerprint density at radius 3 is 2.42 bits per heavy atom. The van der Waals surface area contributed by atoms with Crippen LogP contribution in [0.1, 0.15) is 35.4 Å². The predicted octanol–water partition coefficient (Wildman–Crippen LogP) is -0.857. The Kier molecular flexibility index (Phi) is 3.09. The Morgan fingerprint density at radius 2 is 1.75 bits per heavy atom. The maximum Gasteiger partial charge on any atom is 1.00 e. The molecule has 60 valence electrons. The van der Waals surface area contributed by atoms with E-state index in [1.54, 1.807) is 5.56 Å². The van der Waals surface area contributed by atoms with Gasteiger partial charge in [0, 0.05) is 0 Å². The van der Waals surface area contributed by atoms with Crippen molar-refractivity contribution in [1.29, 1.82) is 0 Å². The number of aryl methyl sites for hydroxylation is 2. The molecule has 0 amide bonds. The molecule has 2 heteroatoms. The van der Waals surface area contributed by atoms with Crippen molar-refractivity contribution < 1.29 is 18.9 Å². The molecule has 0 aromatic carbocycles. The van der Waals surface area contributed by atoms with E-state index in [9.17, 15) is 0 Å². The Balaban J connectivity index is 0.000000720. The number of aromatic nitrogens is 1. The largest absolute Gasteiger partial charge is 1.00 e. The average Bonchev–Trinajstić information content (AvgIpc) is 2.30. The zero-order chi connectivity index (χ0) is 7.84. The van der Waals surface area contributed by atoms with Crippen LogP contribution in [0.2, 0.25) is 0 Å². The van der Waals surface area contributed by atoms with E-state index >= 15 is 0 Å². The number of hydrogen-bond donors (Lipinski definition) is 0. The van der Waals surface area contributed by atoms with Crippen LogP contribution in [0.15, 0.2) is 0 Å². The molecular formula is C10H14LiN. The maximum atomic E-state index is 4.55. The molecule has 12 heavy (non-hydrogen) atoms. The van der Waals surface area contributed by atoms with Gasteiger partial charge in [0.25, 0.3) is 0 Å². The molecule has 1 heterocycles. The van der Waals surface area contributed by atoms with Crippen LogP contribution in [0.5, 0.6) is 0 Å². The molecule has 0 bridgehead atoms. The minimum Gasteiger partial charge on any atom is -0.664 e. The second-order valence-corrected chi connectivity index (χ2v) is 3.45. The molecule has 0 spiro atoms. The normalized spacial score (nSPS) is 15.2. The molecule has 0 atom stereocenters. The number of fused-ring (bicyclic) bond motifs is 1. The van der Waals surface area contributed by atoms with E-state index < -0.39 is 0 Å². The molecule has 1 aromatic heterocycles. The number of nitrogens with zero attached hydrogens (tertiary/aromatic N) is 1. The van der Waals surface area contributed by atoms with Crippen LogP contribution < -0.4 is 23.8 Å². The van der Waals surface area contributed by atoms with Gasteiger partial charge in [-0.2, -0.15) is 11.4 Å². The fourth-order valence-corrected chi connectivity index (χ4v) is 1.92. The number of hydrogen-bond acceptors (Lipinski definition) is 0. The van der Waals surface area contributed by atoms with Crippen LogP contribution in [-0.4, -0.2) is 0 Å². The monoisotopic (exact) mass is 155 g/mol. The Bertz CT molecular complexity index is 276. The second kappa shape index (κ2) is 3.73. The van der Waals surface area contributed by atoms with Gasteiger partial charge < -0.3 is 4.98 Å². The van der Waals surface area contributed by atoms with Crippen molar-refractivity contribution in [1.82, 2.24) is 4.98 Å². The molecule has 1 aliphatic carbocycles. The van der Waals surface area contributed by atoms with Crippen LogP contribution >= 0.6 is 0 Å². The Hall–Kier alpha value is -0.123. The Morgan fingerprint density at radius 1 is 1.08 bits per heavy atom. The van der Waals surface area contributed by atoms with Gasteiger partial charge in [0.15, 0.2) is 0 Å². The summed E-state index contributed by atoms with van der Waals surface area (Å²) in [5.74, 6) is 0. The third kappa shape index (κ3) is 1.49. The summed E-state index contributed by atoms with van der Waals surface area (Å²) in [7, 11) is 0. The van der Waals surface area contributed by atoms with Gasteiger partial charge in [0.2, 0.25) is 0 Å². The first kappa shape index (κ1) is 9.96. The molecular weight excluding hydrogens is 141 g/mol. The van der Waals surface area contributed by atoms with Crippen LogP contribution in [0.25, 0.3) is 0 Å². The summed E-state index contributed by atoms with van der Waals surface area (Å²) in [6.07, 6.45) is 5.17. The van der Waals surface area contributed by atoms with Crippen molar-refractivity contribution in [2.75, 3.05) is 0 Å². The van der Waals surface area contributed by atoms with Gasteiger partial charge in [-0.1, -0.05) is 24.5 Å². The summed E-state index contributed by atoms with van der Waals surface area (Å²) in [5, 5.41) is 0. The van der Waals surface area contributed by atoms with Crippen LogP contribution in [0.4, 0.5) is 0 Å². The standard InChI is InChI=1S/C10H14N.Li/c1-7-8(2)11-10-6-4-3-5-9(7)10;/h3-6H2,1-2H3;/q-1;+1. The molecule has 0 N–H and O–H groups in total. The van der Waals surface area contributed by atoms with E-state index in [4.69, 9.17) is 0 Å². The maximum absolute atomic E-state index is 4.55. The van der Waals surface area contributed by atoms with Crippen molar-refractivity contribution in [3.05, 3.63) is 22.5 Å². The van der Waals surface area contributed by atoms with Gasteiger partial charge in [-0.25, -0.2) is 0 Å². The van der Waals surface area contributed by atoms with Gasteiger partial charge >= 0.3 is 18.9 Å². The minimum atomic E-state index is 0. The van der Waals surface area contributed by atoms with E-state index in [1.807, 2.05) is 0 Å². The quantitative estimate of drug-likeness (QED) is 0.445. The van der Waals surface area contributed by atoms with Crippen molar-refractivity contribution in [2.45, 2.75) is 39.5 Å². The minimum absolute atomic E-state index is 0. The first-order valence-electron chi connectivity index (χ1n) is 4.40. The van der Waals surface area contributed by atoms with Gasteiger partial charge in [-0.3, -0.25) is 0 Å². The van der Waals surface area contributed by atoms with E-state index in [0.29, 0.717) is 0 Å². The fraction of sp³-hybridized carbons (Fsp3) is 0.600. The van der Waals surface area contributed by atoms with Gasteiger partial charge in [-0.05, 0) is 26.2 Å². The second-order valence-electron chi connectivity index (χ2n) is 3.45. The Labute approximate surface area is 86.1 Å². The third-order valence-electron chi connectivity index (χ3n) is 2.74. The van der Waals surface area contributed by atoms with Crippen LogP contribution in [-0.2, 0) is 12.8 Å². The van der Waals surface area contributed by atoms with Gasteiger partial charge in [-0.15, -0.1) is 0 Å². The summed E-state index contributed by atoms with van der Waals surface area (Å²) in [6, 6.07) is 0. The first-order chi connectivity index (χ1) is 5.29. The summed E-state index contributed by atoms with van der Waals surface area (Å²) >= 11 is 0. The molecule has 2 rings (SSSR count). The van der Waals surface area contributed by atoms with E-state index in [1.165, 1.54) is 42.6 Å². The molecule has 1 aromatic rings. The third-order valence-corrected chi connectivity index (χ3v) is 2.74. The molecule has 0 unspecified atom stereocenters. The summed E-state index contributed by atoms with van der Waals surface area (Å²) in [5.41, 5.74) is 5.62. The first-order valence-corrected chi connectivity index (χ1v) is 4.40. The topological polar surface area (TPSA) is 14.1 Å². The molecule has 0 radical (unpaired) electrons. The number of rotatable bonds is 0. The van der Waals surface area contributed by atoms with E-state index in [-0.39, 0.29) is 18.9 Å². The molecule has 0 aliphatic heterocycles. The average molecular weight is 155 g/mol. The molecule has 1 nitrogen and oxygen atoms in total. The van der Waals surface area contributed by atoms with Crippen molar-refractivity contribution in [3.8, 4) is 0 Å². The van der Waals surface area contributed by atoms with Crippen molar-refractivity contribution >= 4 is 0 Å². The summed E-state index contributed by atoms with van der Waals surface area (Å²) < 4.78 is 0. The van der Waals surface area contributed by atoms with Crippen molar-refractivity contribution in [2.24, 2.45) is 0 Å². The van der Waals surface area contributed by atoms with Crippen LogP contribution in [0.3, 0.4) is 0 Å². The molecule has 0 saturated heterocycles. The molecule has 1 aliphatic rings. The molecule has 0 fully saturated rings. The smallest absolute Gasteiger partial charge is 0.664 e. The predicted molar refractivity (Wildman–Crippen MR) is 45.9 cm³/mol. The SMILES string of the molecule is Cc1[n-]c2c(c1C)CCCC2.[Li+]. The van der Waals surface area contributed by atoms with E-state index in [2.05, 4.69) is 18.8 Å². The summed E-state index contributed by atoms with van der Waals surface area (Å²) in [6.45, 7) is 4.32. The van der Waals surface area contributed by atoms with Gasteiger partial charge in [0.1, 0.15) is 0 Å². The van der Waals surface area contributed by atoms with Gasteiger partial charge in [0.05, 0.1) is 0 Å². The fourth-order valence-electron chi connectivity index (χ4n) is 1.92. The summed E-state index contributed by atoms with van der Waals surface area (Å²) in [4.78, 5) is 4.55. The van der Waals surface area contributed by atoms with Crippen molar-refractivity contribution in [3.63, 3.8) is 0 Å². The zero-order valence-corrected chi connectivity index (χ0v) is 8.28. The zero-order valence-electron chi connectivity index (χ0n) is 8.28. The molecule has 0 saturated carbocycles.